The first kappa shape index (κ1) is 31.6. The van der Waals surface area contributed by atoms with Crippen LogP contribution in [0.25, 0.3) is 64.6 Å². The second-order valence-corrected chi connectivity index (χ2v) is 16.2. The van der Waals surface area contributed by atoms with Gasteiger partial charge in [-0.25, -0.2) is 0 Å². The first-order valence-electron chi connectivity index (χ1n) is 20.0. The SMILES string of the molecule is CN(C)c1ccc(N2c3cccc4c3B(c3cc5ccc6cccc7ccc(c3N4c3ccc(C#N)cc3)c5c67)c3cc4ccc5cccc6ccc(c32)c4c56)cc1. The van der Waals surface area contributed by atoms with Crippen LogP contribution in [0.2, 0.25) is 0 Å². The highest BCUT2D eigenvalue weighted by Gasteiger charge is 2.45. The lowest BCUT2D eigenvalue weighted by molar-refractivity contribution is 1.13. The van der Waals surface area contributed by atoms with Gasteiger partial charge in [-0.3, -0.25) is 0 Å². The highest BCUT2D eigenvalue weighted by atomic mass is 15.2. The monoisotopic (exact) mass is 736 g/mol. The molecule has 0 spiro atoms. The van der Waals surface area contributed by atoms with Crippen LogP contribution in [0.15, 0.2) is 164 Å². The van der Waals surface area contributed by atoms with Crippen molar-refractivity contribution in [1.29, 1.82) is 5.26 Å². The van der Waals surface area contributed by atoms with E-state index in [1.165, 1.54) is 98.1 Å². The minimum atomic E-state index is -0.0491. The predicted molar refractivity (Wildman–Crippen MR) is 247 cm³/mol. The fourth-order valence-electron chi connectivity index (χ4n) is 10.6. The summed E-state index contributed by atoms with van der Waals surface area (Å²) >= 11 is 0. The molecule has 58 heavy (non-hydrogen) atoms. The van der Waals surface area contributed by atoms with E-state index in [-0.39, 0.29) is 6.71 Å². The lowest BCUT2D eigenvalue weighted by Crippen LogP contribution is -2.61. The van der Waals surface area contributed by atoms with Gasteiger partial charge >= 0.3 is 0 Å². The Morgan fingerprint density at radius 1 is 0.466 bits per heavy atom. The van der Waals surface area contributed by atoms with Crippen molar-refractivity contribution < 1.29 is 0 Å². The molecule has 0 saturated carbocycles. The van der Waals surface area contributed by atoms with Crippen LogP contribution in [0.3, 0.4) is 0 Å². The summed E-state index contributed by atoms with van der Waals surface area (Å²) in [6, 6.07) is 63.1. The Balaban J connectivity index is 1.21. The van der Waals surface area contributed by atoms with Crippen LogP contribution in [0, 0.1) is 11.3 Å². The first-order chi connectivity index (χ1) is 28.6. The van der Waals surface area contributed by atoms with Gasteiger partial charge in [-0.05, 0) is 131 Å². The number of hydrogen-bond acceptors (Lipinski definition) is 4. The summed E-state index contributed by atoms with van der Waals surface area (Å²) in [7, 11) is 4.19. The van der Waals surface area contributed by atoms with Gasteiger partial charge in [0, 0.05) is 64.7 Å². The number of benzene rings is 11. The Morgan fingerprint density at radius 2 is 0.897 bits per heavy atom. The summed E-state index contributed by atoms with van der Waals surface area (Å²) < 4.78 is 0. The molecule has 0 aromatic heterocycles. The summed E-state index contributed by atoms with van der Waals surface area (Å²) in [6.45, 7) is -0.0491. The van der Waals surface area contributed by atoms with E-state index in [1.54, 1.807) is 0 Å². The van der Waals surface area contributed by atoms with E-state index in [4.69, 9.17) is 0 Å². The quantitative estimate of drug-likeness (QED) is 0.134. The van der Waals surface area contributed by atoms with Crippen LogP contribution >= 0.6 is 0 Å². The van der Waals surface area contributed by atoms with E-state index in [0.29, 0.717) is 5.56 Å². The molecule has 2 aliphatic heterocycles. The number of hydrogen-bond donors (Lipinski definition) is 0. The van der Waals surface area contributed by atoms with Crippen LogP contribution in [-0.4, -0.2) is 20.8 Å². The van der Waals surface area contributed by atoms with Gasteiger partial charge in [-0.15, -0.1) is 0 Å². The molecule has 0 N–H and O–H groups in total. The summed E-state index contributed by atoms with van der Waals surface area (Å²) in [5, 5.41) is 25.1. The third-order valence-electron chi connectivity index (χ3n) is 13.1. The molecule has 13 rings (SSSR count). The fraction of sp³-hybridized carbons (Fsp3) is 0.0377. The van der Waals surface area contributed by atoms with Crippen molar-refractivity contribution in [3.05, 3.63) is 169 Å². The molecule has 5 heteroatoms. The van der Waals surface area contributed by atoms with Gasteiger partial charge in [-0.2, -0.15) is 5.26 Å². The molecule has 0 amide bonds. The lowest BCUT2D eigenvalue weighted by atomic mass is 9.33. The van der Waals surface area contributed by atoms with Crippen molar-refractivity contribution in [1.82, 2.24) is 0 Å². The Bertz CT molecular complexity index is 3530. The molecule has 2 aliphatic rings. The topological polar surface area (TPSA) is 33.5 Å². The van der Waals surface area contributed by atoms with Crippen molar-refractivity contribution >= 4 is 128 Å². The smallest absolute Gasteiger partial charge is 0.252 e. The minimum Gasteiger partial charge on any atom is -0.378 e. The van der Waals surface area contributed by atoms with Crippen molar-refractivity contribution in [3.63, 3.8) is 0 Å². The maximum Gasteiger partial charge on any atom is 0.252 e. The van der Waals surface area contributed by atoms with E-state index >= 15 is 0 Å². The van der Waals surface area contributed by atoms with Crippen LogP contribution in [-0.2, 0) is 0 Å². The summed E-state index contributed by atoms with van der Waals surface area (Å²) in [6.07, 6.45) is 0. The lowest BCUT2D eigenvalue weighted by Gasteiger charge is -2.45. The van der Waals surface area contributed by atoms with Gasteiger partial charge in [-0.1, -0.05) is 103 Å². The Hall–Kier alpha value is -7.55. The largest absolute Gasteiger partial charge is 0.378 e. The molecule has 0 radical (unpaired) electrons. The molecule has 0 bridgehead atoms. The molecular formula is C53H33BN4. The van der Waals surface area contributed by atoms with E-state index in [9.17, 15) is 5.26 Å². The van der Waals surface area contributed by atoms with Crippen LogP contribution in [0.5, 0.6) is 0 Å². The van der Waals surface area contributed by atoms with Crippen molar-refractivity contribution in [3.8, 4) is 6.07 Å². The fourth-order valence-corrected chi connectivity index (χ4v) is 10.6. The van der Waals surface area contributed by atoms with E-state index in [0.717, 1.165) is 22.7 Å². The van der Waals surface area contributed by atoms with E-state index < -0.39 is 0 Å². The zero-order chi connectivity index (χ0) is 38.4. The summed E-state index contributed by atoms with van der Waals surface area (Å²) in [4.78, 5) is 7.16. The van der Waals surface area contributed by atoms with Crippen molar-refractivity contribution in [2.75, 3.05) is 28.8 Å². The van der Waals surface area contributed by atoms with Crippen molar-refractivity contribution in [2.45, 2.75) is 0 Å². The molecule has 0 aliphatic carbocycles. The predicted octanol–water partition coefficient (Wildman–Crippen LogP) is 11.5. The van der Waals surface area contributed by atoms with Gasteiger partial charge in [0.05, 0.1) is 11.6 Å². The van der Waals surface area contributed by atoms with Crippen LogP contribution < -0.4 is 31.1 Å². The Morgan fingerprint density at radius 3 is 1.36 bits per heavy atom. The molecule has 268 valence electrons. The zero-order valence-corrected chi connectivity index (χ0v) is 32.0. The number of nitriles is 1. The van der Waals surface area contributed by atoms with Crippen molar-refractivity contribution in [2.24, 2.45) is 0 Å². The molecule has 0 atom stereocenters. The second-order valence-electron chi connectivity index (χ2n) is 16.2. The van der Waals surface area contributed by atoms with Crippen LogP contribution in [0.1, 0.15) is 5.56 Å². The maximum absolute atomic E-state index is 9.84. The summed E-state index contributed by atoms with van der Waals surface area (Å²) in [5.41, 5.74) is 12.6. The standard InChI is InChI=1S/C53H33BN4/c1-56(2)38-22-24-40(25-23-38)58-46-11-5-10-45-51(46)54(44-29-37-17-15-33-7-4-9-35-19-27-42(53(44)58)50(37)48(33)35)43-28-36-16-14-32-6-3-8-34-18-26-41(49(36)47(32)34)52(43)57(45)39-20-12-31(30-55)13-21-39/h3-29H,1-2H3. The maximum atomic E-state index is 9.84. The normalized spacial score (nSPS) is 13.2. The van der Waals surface area contributed by atoms with Gasteiger partial charge < -0.3 is 14.7 Å². The molecule has 0 fully saturated rings. The number of anilines is 7. The third kappa shape index (κ3) is 4.03. The molecule has 2 heterocycles. The van der Waals surface area contributed by atoms with Gasteiger partial charge in [0.25, 0.3) is 6.71 Å². The Labute approximate surface area is 335 Å². The van der Waals surface area contributed by atoms with Gasteiger partial charge in [0.15, 0.2) is 0 Å². The van der Waals surface area contributed by atoms with Gasteiger partial charge in [0.2, 0.25) is 0 Å². The minimum absolute atomic E-state index is 0.0491. The van der Waals surface area contributed by atoms with E-state index in [2.05, 4.69) is 187 Å². The highest BCUT2D eigenvalue weighted by Crippen LogP contribution is 2.50. The van der Waals surface area contributed by atoms with Crippen LogP contribution in [0.4, 0.5) is 39.8 Å². The molecule has 4 nitrogen and oxygen atoms in total. The second kappa shape index (κ2) is 11.3. The average Bonchev–Trinajstić information content (AvgIpc) is 3.27. The van der Waals surface area contributed by atoms with Gasteiger partial charge in [0.1, 0.15) is 0 Å². The molecule has 0 unspecified atom stereocenters. The molecule has 11 aromatic carbocycles. The number of fused-ring (bicyclic) bond motifs is 6. The molecule has 11 aromatic rings. The average molecular weight is 737 g/mol. The molecular weight excluding hydrogens is 703 g/mol. The first-order valence-corrected chi connectivity index (χ1v) is 20.0. The summed E-state index contributed by atoms with van der Waals surface area (Å²) in [5.74, 6) is 0. The third-order valence-corrected chi connectivity index (χ3v) is 13.1. The highest BCUT2D eigenvalue weighted by molar-refractivity contribution is 7.01. The zero-order valence-electron chi connectivity index (χ0n) is 32.0. The molecule has 0 saturated heterocycles. The number of nitrogens with zero attached hydrogens (tertiary/aromatic N) is 4. The Kier molecular flexibility index (Phi) is 6.15. The van der Waals surface area contributed by atoms with E-state index in [1.807, 2.05) is 12.1 Å². The number of rotatable bonds is 3.